The molecule has 0 aliphatic heterocycles. The molecule has 0 spiro atoms. The molecule has 1 amide bonds. The second-order valence-corrected chi connectivity index (χ2v) is 7.76. The molecule has 0 saturated heterocycles. The highest BCUT2D eigenvalue weighted by Gasteiger charge is 2.16. The Kier molecular flexibility index (Phi) is 5.41. The average Bonchev–Trinajstić information content (AvgIpc) is 2.66. The van der Waals surface area contributed by atoms with Gasteiger partial charge in [0.1, 0.15) is 11.6 Å². The van der Waals surface area contributed by atoms with Crippen molar-refractivity contribution in [2.45, 2.75) is 11.8 Å². The molecule has 0 radical (unpaired) electrons. The van der Waals surface area contributed by atoms with Gasteiger partial charge in [-0.2, -0.15) is 0 Å². The summed E-state index contributed by atoms with van der Waals surface area (Å²) >= 11 is 0. The van der Waals surface area contributed by atoms with Crippen LogP contribution in [0.1, 0.15) is 15.9 Å². The summed E-state index contributed by atoms with van der Waals surface area (Å²) in [6.07, 6.45) is 0. The van der Waals surface area contributed by atoms with Crippen molar-refractivity contribution in [3.63, 3.8) is 0 Å². The van der Waals surface area contributed by atoms with Crippen molar-refractivity contribution in [2.75, 3.05) is 10.0 Å². The molecule has 0 unspecified atom stereocenters. The summed E-state index contributed by atoms with van der Waals surface area (Å²) in [4.78, 5) is 12.2. The predicted molar refractivity (Wildman–Crippen MR) is 103 cm³/mol. The van der Waals surface area contributed by atoms with E-state index in [0.717, 1.165) is 17.7 Å². The molecule has 0 saturated carbocycles. The molecule has 0 aliphatic carbocycles. The lowest BCUT2D eigenvalue weighted by Gasteiger charge is -2.10. The van der Waals surface area contributed by atoms with Crippen molar-refractivity contribution in [1.82, 2.24) is 0 Å². The number of halogens is 2. The van der Waals surface area contributed by atoms with Gasteiger partial charge in [0.2, 0.25) is 0 Å². The maximum atomic E-state index is 13.6. The standard InChI is InChI=1S/C20H16F2N2O3S/c1-13-2-7-16(8-3-13)24-28(26,27)17-9-4-14(5-10-17)20(25)23-19-11-6-15(21)12-18(19)22/h2-12,24H,1H3,(H,23,25). The minimum atomic E-state index is -3.82. The van der Waals surface area contributed by atoms with Gasteiger partial charge in [0, 0.05) is 17.3 Å². The van der Waals surface area contributed by atoms with Gasteiger partial charge >= 0.3 is 0 Å². The predicted octanol–water partition coefficient (Wildman–Crippen LogP) is 4.33. The first kappa shape index (κ1) is 19.5. The summed E-state index contributed by atoms with van der Waals surface area (Å²) in [5, 5.41) is 2.31. The Morgan fingerprint density at radius 1 is 0.893 bits per heavy atom. The highest BCUT2D eigenvalue weighted by molar-refractivity contribution is 7.92. The van der Waals surface area contributed by atoms with Crippen LogP contribution in [0.5, 0.6) is 0 Å². The molecule has 0 aliphatic rings. The number of anilines is 2. The van der Waals surface area contributed by atoms with Crippen LogP contribution in [0.3, 0.4) is 0 Å². The number of rotatable bonds is 5. The first-order valence-corrected chi connectivity index (χ1v) is 9.69. The number of carbonyl (C=O) groups excluding carboxylic acids is 1. The van der Waals surface area contributed by atoms with Crippen LogP contribution in [0.15, 0.2) is 71.6 Å². The van der Waals surface area contributed by atoms with Crippen molar-refractivity contribution in [1.29, 1.82) is 0 Å². The number of nitrogens with one attached hydrogen (secondary N) is 2. The quantitative estimate of drug-likeness (QED) is 0.667. The minimum Gasteiger partial charge on any atom is -0.319 e. The molecule has 2 N–H and O–H groups in total. The summed E-state index contributed by atoms with van der Waals surface area (Å²) in [7, 11) is -3.82. The molecular weight excluding hydrogens is 386 g/mol. The Morgan fingerprint density at radius 3 is 2.14 bits per heavy atom. The van der Waals surface area contributed by atoms with E-state index in [1.807, 2.05) is 6.92 Å². The lowest BCUT2D eigenvalue weighted by atomic mass is 10.2. The second-order valence-electron chi connectivity index (χ2n) is 6.07. The SMILES string of the molecule is Cc1ccc(NS(=O)(=O)c2ccc(C(=O)Nc3ccc(F)cc3F)cc2)cc1. The van der Waals surface area contributed by atoms with Crippen molar-refractivity contribution >= 4 is 27.3 Å². The van der Waals surface area contributed by atoms with Crippen molar-refractivity contribution in [3.05, 3.63) is 89.5 Å². The first-order valence-electron chi connectivity index (χ1n) is 8.20. The van der Waals surface area contributed by atoms with E-state index in [0.29, 0.717) is 11.8 Å². The maximum absolute atomic E-state index is 13.6. The Morgan fingerprint density at radius 2 is 1.54 bits per heavy atom. The van der Waals surface area contributed by atoms with Crippen molar-refractivity contribution in [2.24, 2.45) is 0 Å². The minimum absolute atomic E-state index is 0.0300. The van der Waals surface area contributed by atoms with Gasteiger partial charge in [-0.1, -0.05) is 17.7 Å². The van der Waals surface area contributed by atoms with Crippen LogP contribution in [-0.4, -0.2) is 14.3 Å². The van der Waals surface area contributed by atoms with Gasteiger partial charge in [-0.15, -0.1) is 0 Å². The zero-order valence-electron chi connectivity index (χ0n) is 14.7. The first-order chi connectivity index (χ1) is 13.2. The average molecular weight is 402 g/mol. The van der Waals surface area contributed by atoms with Crippen LogP contribution in [0, 0.1) is 18.6 Å². The molecule has 0 bridgehead atoms. The smallest absolute Gasteiger partial charge is 0.261 e. The van der Waals surface area contributed by atoms with E-state index in [1.54, 1.807) is 24.3 Å². The van der Waals surface area contributed by atoms with Crippen LogP contribution in [0.4, 0.5) is 20.2 Å². The molecular formula is C20H16F2N2O3S. The Hall–Kier alpha value is -3.26. The topological polar surface area (TPSA) is 75.3 Å². The zero-order chi connectivity index (χ0) is 20.3. The van der Waals surface area contributed by atoms with Gasteiger partial charge in [0.05, 0.1) is 10.6 Å². The molecule has 0 atom stereocenters. The number of hydrogen-bond donors (Lipinski definition) is 2. The summed E-state index contributed by atoms with van der Waals surface area (Å²) in [5.41, 5.74) is 1.36. The lowest BCUT2D eigenvalue weighted by Crippen LogP contribution is -2.15. The fourth-order valence-corrected chi connectivity index (χ4v) is 3.47. The molecule has 0 aromatic heterocycles. The monoisotopic (exact) mass is 402 g/mol. The fourth-order valence-electron chi connectivity index (χ4n) is 2.41. The van der Waals surface area contributed by atoms with Gasteiger partial charge < -0.3 is 5.32 Å². The highest BCUT2D eigenvalue weighted by atomic mass is 32.2. The lowest BCUT2D eigenvalue weighted by molar-refractivity contribution is 0.102. The zero-order valence-corrected chi connectivity index (χ0v) is 15.6. The third kappa shape index (κ3) is 4.52. The number of hydrogen-bond acceptors (Lipinski definition) is 3. The molecule has 0 heterocycles. The van der Waals surface area contributed by atoms with Gasteiger partial charge in [0.25, 0.3) is 15.9 Å². The van der Waals surface area contributed by atoms with Gasteiger partial charge in [0.15, 0.2) is 0 Å². The van der Waals surface area contributed by atoms with Gasteiger partial charge in [-0.3, -0.25) is 9.52 Å². The van der Waals surface area contributed by atoms with Gasteiger partial charge in [-0.25, -0.2) is 17.2 Å². The van der Waals surface area contributed by atoms with E-state index >= 15 is 0 Å². The molecule has 0 fully saturated rings. The number of sulfonamides is 1. The van der Waals surface area contributed by atoms with Crippen LogP contribution in [-0.2, 0) is 10.0 Å². The summed E-state index contributed by atoms with van der Waals surface area (Å²) in [6.45, 7) is 1.89. The largest absolute Gasteiger partial charge is 0.319 e. The van der Waals surface area contributed by atoms with Crippen LogP contribution in [0.25, 0.3) is 0 Å². The second kappa shape index (κ2) is 7.77. The summed E-state index contributed by atoms with van der Waals surface area (Å²) < 4.78 is 53.9. The molecule has 5 nitrogen and oxygen atoms in total. The normalized spacial score (nSPS) is 11.1. The van der Waals surface area contributed by atoms with E-state index in [4.69, 9.17) is 0 Å². The third-order valence-corrected chi connectivity index (χ3v) is 5.31. The fraction of sp³-hybridized carbons (Fsp3) is 0.0500. The van der Waals surface area contributed by atoms with E-state index < -0.39 is 27.6 Å². The Balaban J connectivity index is 1.74. The molecule has 3 aromatic rings. The molecule has 28 heavy (non-hydrogen) atoms. The number of amides is 1. The molecule has 3 rings (SSSR count). The molecule has 3 aromatic carbocycles. The third-order valence-electron chi connectivity index (χ3n) is 3.91. The number of benzene rings is 3. The Labute approximate surface area is 161 Å². The maximum Gasteiger partial charge on any atom is 0.261 e. The van der Waals surface area contributed by atoms with E-state index in [2.05, 4.69) is 10.0 Å². The van der Waals surface area contributed by atoms with Gasteiger partial charge in [-0.05, 0) is 55.5 Å². The van der Waals surface area contributed by atoms with E-state index in [-0.39, 0.29) is 16.1 Å². The molecule has 8 heteroatoms. The van der Waals surface area contributed by atoms with E-state index in [9.17, 15) is 22.0 Å². The van der Waals surface area contributed by atoms with E-state index in [1.165, 1.54) is 24.3 Å². The number of carbonyl (C=O) groups is 1. The summed E-state index contributed by atoms with van der Waals surface area (Å²) in [5.74, 6) is -2.32. The molecule has 144 valence electrons. The summed E-state index contributed by atoms with van der Waals surface area (Å²) in [6, 6.07) is 14.8. The van der Waals surface area contributed by atoms with Crippen LogP contribution in [0.2, 0.25) is 0 Å². The van der Waals surface area contributed by atoms with Crippen LogP contribution < -0.4 is 10.0 Å². The van der Waals surface area contributed by atoms with Crippen LogP contribution >= 0.6 is 0 Å². The Bertz CT molecular complexity index is 1110. The highest BCUT2D eigenvalue weighted by Crippen LogP contribution is 2.19. The van der Waals surface area contributed by atoms with Crippen molar-refractivity contribution in [3.8, 4) is 0 Å². The van der Waals surface area contributed by atoms with Crippen molar-refractivity contribution < 1.29 is 22.0 Å². The number of aryl methyl sites for hydroxylation is 1.